The number of nitrogens with zero attached hydrogens (tertiary/aromatic N) is 1. The molecule has 0 radical (unpaired) electrons. The van der Waals surface area contributed by atoms with Crippen LogP contribution in [0.4, 0.5) is 4.39 Å². The first-order chi connectivity index (χ1) is 12.6. The first-order valence-electron chi connectivity index (χ1n) is 9.34. The van der Waals surface area contributed by atoms with Crippen molar-refractivity contribution in [2.75, 3.05) is 0 Å². The van der Waals surface area contributed by atoms with Gasteiger partial charge in [0.15, 0.2) is 0 Å². The molecule has 3 N–H and O–H groups in total. The van der Waals surface area contributed by atoms with Crippen LogP contribution in [0.5, 0.6) is 0 Å². The molecule has 2 fully saturated rings. The number of benzene rings is 1. The van der Waals surface area contributed by atoms with Gasteiger partial charge in [-0.15, -0.1) is 11.3 Å². The molecule has 1 heterocycles. The summed E-state index contributed by atoms with van der Waals surface area (Å²) in [6, 6.07) is 6.91. The number of rotatable bonds is 4. The number of carbonyl (C=O) groups excluding carboxylic acids is 1. The van der Waals surface area contributed by atoms with Crippen molar-refractivity contribution in [1.29, 1.82) is 0 Å². The highest BCUT2D eigenvalue weighted by molar-refractivity contribution is 7.09. The maximum atomic E-state index is 13.0. The number of carbonyl (C=O) groups is 1. The normalized spacial score (nSPS) is 27.9. The molecule has 138 valence electrons. The average molecular weight is 373 g/mol. The van der Waals surface area contributed by atoms with Crippen molar-refractivity contribution in [1.82, 2.24) is 10.3 Å². The summed E-state index contributed by atoms with van der Waals surface area (Å²) >= 11 is 1.47. The highest BCUT2D eigenvalue weighted by atomic mass is 32.1. The molecule has 2 unspecified atom stereocenters. The van der Waals surface area contributed by atoms with E-state index in [9.17, 15) is 9.18 Å². The minimum absolute atomic E-state index is 0.0797. The number of thiazole rings is 1. The molecule has 2 saturated carbocycles. The third-order valence-corrected chi connectivity index (χ3v) is 6.58. The molecule has 0 saturated heterocycles. The molecule has 4 rings (SSSR count). The lowest BCUT2D eigenvalue weighted by molar-refractivity contribution is 0.0752. The summed E-state index contributed by atoms with van der Waals surface area (Å²) in [6.45, 7) is 0. The van der Waals surface area contributed by atoms with Gasteiger partial charge in [-0.1, -0.05) is 18.6 Å². The largest absolute Gasteiger partial charge is 0.347 e. The second-order valence-corrected chi connectivity index (χ2v) is 8.55. The molecule has 2 aliphatic carbocycles. The van der Waals surface area contributed by atoms with Gasteiger partial charge in [-0.25, -0.2) is 9.37 Å². The number of fused-ring (bicyclic) bond motifs is 2. The summed E-state index contributed by atoms with van der Waals surface area (Å²) in [7, 11) is 0. The van der Waals surface area contributed by atoms with Crippen LogP contribution < -0.4 is 11.1 Å². The van der Waals surface area contributed by atoms with E-state index in [1.165, 1.54) is 29.9 Å². The van der Waals surface area contributed by atoms with Gasteiger partial charge in [-0.3, -0.25) is 4.79 Å². The molecule has 0 aliphatic heterocycles. The van der Waals surface area contributed by atoms with Gasteiger partial charge in [0.1, 0.15) is 11.5 Å². The molecule has 6 heteroatoms. The van der Waals surface area contributed by atoms with Gasteiger partial charge in [0.2, 0.25) is 0 Å². The van der Waals surface area contributed by atoms with Gasteiger partial charge in [0.25, 0.3) is 5.91 Å². The Labute approximate surface area is 157 Å². The molecule has 1 amide bonds. The van der Waals surface area contributed by atoms with Gasteiger partial charge in [-0.05, 0) is 55.2 Å². The van der Waals surface area contributed by atoms with Crippen molar-refractivity contribution >= 4 is 17.2 Å². The fraction of sp³-hybridized carbons (Fsp3) is 0.500. The van der Waals surface area contributed by atoms with Gasteiger partial charge in [0.05, 0.1) is 5.01 Å². The number of nitrogens with two attached hydrogens (primary N) is 1. The van der Waals surface area contributed by atoms with Crippen LogP contribution in [0.3, 0.4) is 0 Å². The van der Waals surface area contributed by atoms with Crippen LogP contribution >= 0.6 is 11.3 Å². The lowest BCUT2D eigenvalue weighted by Crippen LogP contribution is -2.53. The Bertz CT molecular complexity index is 762. The SMILES string of the molecule is NC1CC2CCCC(C1)C2NC(=O)c1csc(Cc2ccc(F)cc2)n1. The predicted molar refractivity (Wildman–Crippen MR) is 101 cm³/mol. The summed E-state index contributed by atoms with van der Waals surface area (Å²) < 4.78 is 13.0. The fourth-order valence-electron chi connectivity index (χ4n) is 4.52. The van der Waals surface area contributed by atoms with Crippen molar-refractivity contribution in [2.45, 2.75) is 50.6 Å². The molecular weight excluding hydrogens is 349 g/mol. The summed E-state index contributed by atoms with van der Waals surface area (Å²) in [6.07, 6.45) is 6.18. The topological polar surface area (TPSA) is 68.0 Å². The van der Waals surface area contributed by atoms with Crippen LogP contribution in [0.1, 0.15) is 53.2 Å². The Balaban J connectivity index is 1.41. The molecule has 0 spiro atoms. The summed E-state index contributed by atoms with van der Waals surface area (Å²) in [5.41, 5.74) is 7.64. The number of hydrogen-bond donors (Lipinski definition) is 2. The van der Waals surface area contributed by atoms with E-state index >= 15 is 0 Å². The lowest BCUT2D eigenvalue weighted by Gasteiger charge is -2.45. The van der Waals surface area contributed by atoms with E-state index in [4.69, 9.17) is 5.73 Å². The van der Waals surface area contributed by atoms with Crippen LogP contribution in [-0.4, -0.2) is 23.0 Å². The zero-order valence-corrected chi connectivity index (χ0v) is 15.5. The van der Waals surface area contributed by atoms with E-state index < -0.39 is 0 Å². The number of aromatic nitrogens is 1. The van der Waals surface area contributed by atoms with E-state index in [-0.39, 0.29) is 23.8 Å². The lowest BCUT2D eigenvalue weighted by atomic mass is 9.67. The first kappa shape index (κ1) is 17.6. The van der Waals surface area contributed by atoms with Crippen molar-refractivity contribution in [3.8, 4) is 0 Å². The highest BCUT2D eigenvalue weighted by Gasteiger charge is 2.40. The molecule has 2 aromatic rings. The quantitative estimate of drug-likeness (QED) is 0.862. The standard InChI is InChI=1S/C20H24FN3OS/c21-15-6-4-12(5-7-15)8-18-23-17(11-26-18)20(25)24-19-13-2-1-3-14(19)10-16(22)9-13/h4-7,11,13-14,16,19H,1-3,8-10,22H2,(H,24,25). The van der Waals surface area contributed by atoms with E-state index in [1.807, 2.05) is 5.38 Å². The molecule has 2 atom stereocenters. The Morgan fingerprint density at radius 2 is 1.92 bits per heavy atom. The number of halogens is 1. The summed E-state index contributed by atoms with van der Waals surface area (Å²) in [5, 5.41) is 5.93. The van der Waals surface area contributed by atoms with Crippen LogP contribution in [0.25, 0.3) is 0 Å². The Morgan fingerprint density at radius 1 is 1.23 bits per heavy atom. The van der Waals surface area contributed by atoms with Crippen molar-refractivity contribution in [3.05, 3.63) is 51.7 Å². The van der Waals surface area contributed by atoms with Crippen molar-refractivity contribution in [3.63, 3.8) is 0 Å². The zero-order chi connectivity index (χ0) is 18.1. The molecule has 2 bridgehead atoms. The van der Waals surface area contributed by atoms with E-state index in [1.54, 1.807) is 12.1 Å². The average Bonchev–Trinajstić information content (AvgIpc) is 3.06. The zero-order valence-electron chi connectivity index (χ0n) is 14.7. The van der Waals surface area contributed by atoms with Gasteiger partial charge < -0.3 is 11.1 Å². The minimum atomic E-state index is -0.245. The second kappa shape index (κ2) is 7.45. The minimum Gasteiger partial charge on any atom is -0.347 e. The molecular formula is C20H24FN3OS. The molecule has 2 aliphatic rings. The van der Waals surface area contributed by atoms with Crippen molar-refractivity contribution in [2.24, 2.45) is 17.6 Å². The maximum Gasteiger partial charge on any atom is 0.270 e. The van der Waals surface area contributed by atoms with Gasteiger partial charge in [-0.2, -0.15) is 0 Å². The summed E-state index contributed by atoms with van der Waals surface area (Å²) in [4.78, 5) is 17.2. The first-order valence-corrected chi connectivity index (χ1v) is 10.2. The molecule has 1 aromatic heterocycles. The number of amides is 1. The molecule has 26 heavy (non-hydrogen) atoms. The van der Waals surface area contributed by atoms with Gasteiger partial charge in [0, 0.05) is 23.9 Å². The van der Waals surface area contributed by atoms with E-state index in [0.717, 1.165) is 36.3 Å². The predicted octanol–water partition coefficient (Wildman–Crippen LogP) is 3.51. The fourth-order valence-corrected chi connectivity index (χ4v) is 5.33. The molecule has 1 aromatic carbocycles. The Kier molecular flexibility index (Phi) is 5.05. The van der Waals surface area contributed by atoms with Crippen molar-refractivity contribution < 1.29 is 9.18 Å². The number of hydrogen-bond acceptors (Lipinski definition) is 4. The number of nitrogens with one attached hydrogen (secondary N) is 1. The van der Waals surface area contributed by atoms with E-state index in [2.05, 4.69) is 10.3 Å². The van der Waals surface area contributed by atoms with E-state index in [0.29, 0.717) is 24.0 Å². The Hall–Kier alpha value is -1.79. The van der Waals surface area contributed by atoms with Crippen LogP contribution in [0.15, 0.2) is 29.6 Å². The third-order valence-electron chi connectivity index (χ3n) is 5.73. The Morgan fingerprint density at radius 3 is 2.62 bits per heavy atom. The van der Waals surface area contributed by atoms with Crippen LogP contribution in [0, 0.1) is 17.7 Å². The maximum absolute atomic E-state index is 13.0. The molecule has 4 nitrogen and oxygen atoms in total. The van der Waals surface area contributed by atoms with Gasteiger partial charge >= 0.3 is 0 Å². The third kappa shape index (κ3) is 3.81. The summed E-state index contributed by atoms with van der Waals surface area (Å²) in [5.74, 6) is 0.673. The second-order valence-electron chi connectivity index (χ2n) is 7.61. The highest BCUT2D eigenvalue weighted by Crippen LogP contribution is 2.39. The monoisotopic (exact) mass is 373 g/mol. The smallest absolute Gasteiger partial charge is 0.270 e. The van der Waals surface area contributed by atoms with Crippen LogP contribution in [-0.2, 0) is 6.42 Å². The van der Waals surface area contributed by atoms with Crippen LogP contribution in [0.2, 0.25) is 0 Å².